The van der Waals surface area contributed by atoms with E-state index in [1.807, 2.05) is 13.8 Å². The van der Waals surface area contributed by atoms with Crippen LogP contribution in [0.1, 0.15) is 46.5 Å². The van der Waals surface area contributed by atoms with E-state index >= 15 is 0 Å². The lowest BCUT2D eigenvalue weighted by molar-refractivity contribution is -0.00959. The van der Waals surface area contributed by atoms with Crippen LogP contribution in [0.25, 0.3) is 0 Å². The summed E-state index contributed by atoms with van der Waals surface area (Å²) in [5.74, 6) is 0. The van der Waals surface area contributed by atoms with Gasteiger partial charge in [0.15, 0.2) is 0 Å². The van der Waals surface area contributed by atoms with E-state index in [-0.39, 0.29) is 12.7 Å². The highest BCUT2D eigenvalue weighted by atomic mass is 16.7. The van der Waals surface area contributed by atoms with Crippen molar-refractivity contribution in [3.63, 3.8) is 0 Å². The molecule has 0 bridgehead atoms. The number of rotatable bonds is 9. The first-order valence-corrected chi connectivity index (χ1v) is 6.11. The maximum atomic E-state index is 11.1. The summed E-state index contributed by atoms with van der Waals surface area (Å²) in [5.41, 5.74) is 0. The highest BCUT2D eigenvalue weighted by molar-refractivity contribution is 5.59. The molecule has 0 rings (SSSR count). The molecule has 0 saturated heterocycles. The minimum atomic E-state index is -0.598. The van der Waals surface area contributed by atoms with E-state index in [9.17, 15) is 4.79 Å². The SMILES string of the molecule is CCCCOC(=O)OCC(C)OCCCC. The molecule has 0 aromatic rings. The standard InChI is InChI=1S/C12H24O4/c1-4-6-8-14-11(3)10-16-12(13)15-9-7-5-2/h11H,4-10H2,1-3H3. The molecule has 0 aliphatic heterocycles. The molecular formula is C12H24O4. The first-order valence-electron chi connectivity index (χ1n) is 6.11. The summed E-state index contributed by atoms with van der Waals surface area (Å²) in [4.78, 5) is 11.1. The van der Waals surface area contributed by atoms with Crippen LogP contribution in [0.4, 0.5) is 4.79 Å². The van der Waals surface area contributed by atoms with Crippen molar-refractivity contribution in [2.24, 2.45) is 0 Å². The van der Waals surface area contributed by atoms with Crippen molar-refractivity contribution in [2.75, 3.05) is 19.8 Å². The first kappa shape index (κ1) is 15.2. The fraction of sp³-hybridized carbons (Fsp3) is 0.917. The van der Waals surface area contributed by atoms with E-state index in [0.29, 0.717) is 13.2 Å². The van der Waals surface area contributed by atoms with Gasteiger partial charge in [0, 0.05) is 6.61 Å². The Bertz CT molecular complexity index is 170. The third-order valence-corrected chi connectivity index (χ3v) is 2.05. The molecule has 0 amide bonds. The van der Waals surface area contributed by atoms with Crippen molar-refractivity contribution >= 4 is 6.16 Å². The molecule has 0 aliphatic rings. The molecule has 4 heteroatoms. The Morgan fingerprint density at radius 1 is 1.06 bits per heavy atom. The molecule has 0 aromatic carbocycles. The van der Waals surface area contributed by atoms with Crippen LogP contribution >= 0.6 is 0 Å². The van der Waals surface area contributed by atoms with Gasteiger partial charge in [0.05, 0.1) is 12.7 Å². The number of carbonyl (C=O) groups is 1. The predicted molar refractivity (Wildman–Crippen MR) is 62.5 cm³/mol. The first-order chi connectivity index (χ1) is 7.70. The van der Waals surface area contributed by atoms with Crippen molar-refractivity contribution in [1.82, 2.24) is 0 Å². The van der Waals surface area contributed by atoms with E-state index in [1.54, 1.807) is 0 Å². The summed E-state index contributed by atoms with van der Waals surface area (Å²) in [7, 11) is 0. The average molecular weight is 232 g/mol. The van der Waals surface area contributed by atoms with Crippen molar-refractivity contribution in [2.45, 2.75) is 52.6 Å². The molecule has 0 spiro atoms. The van der Waals surface area contributed by atoms with Gasteiger partial charge in [-0.25, -0.2) is 4.79 Å². The lowest BCUT2D eigenvalue weighted by atomic mass is 10.3. The highest BCUT2D eigenvalue weighted by Crippen LogP contribution is 1.98. The lowest BCUT2D eigenvalue weighted by Gasteiger charge is -2.12. The molecule has 1 unspecified atom stereocenters. The molecule has 0 fully saturated rings. The predicted octanol–water partition coefficient (Wildman–Crippen LogP) is 3.14. The van der Waals surface area contributed by atoms with E-state index < -0.39 is 6.16 Å². The fourth-order valence-electron chi connectivity index (χ4n) is 1.00. The summed E-state index contributed by atoms with van der Waals surface area (Å²) < 4.78 is 15.2. The van der Waals surface area contributed by atoms with Crippen LogP contribution in [-0.4, -0.2) is 32.1 Å². The summed E-state index contributed by atoms with van der Waals surface area (Å²) in [6.07, 6.45) is 3.35. The molecule has 0 saturated carbocycles. The molecule has 16 heavy (non-hydrogen) atoms. The van der Waals surface area contributed by atoms with Gasteiger partial charge in [0.1, 0.15) is 6.61 Å². The van der Waals surface area contributed by atoms with Crippen LogP contribution in [0.5, 0.6) is 0 Å². The average Bonchev–Trinajstić information content (AvgIpc) is 2.27. The van der Waals surface area contributed by atoms with Gasteiger partial charge < -0.3 is 14.2 Å². The van der Waals surface area contributed by atoms with Gasteiger partial charge in [0.2, 0.25) is 0 Å². The number of carbonyl (C=O) groups excluding carboxylic acids is 1. The number of hydrogen-bond acceptors (Lipinski definition) is 4. The zero-order chi connectivity index (χ0) is 12.2. The summed E-state index contributed by atoms with van der Waals surface area (Å²) in [6.45, 7) is 7.43. The van der Waals surface area contributed by atoms with Crippen LogP contribution in [0.15, 0.2) is 0 Å². The molecule has 0 N–H and O–H groups in total. The quantitative estimate of drug-likeness (QED) is 0.452. The van der Waals surface area contributed by atoms with Crippen LogP contribution in [0, 0.1) is 0 Å². The molecule has 0 heterocycles. The van der Waals surface area contributed by atoms with Gasteiger partial charge in [-0.2, -0.15) is 0 Å². The minimum absolute atomic E-state index is 0.0646. The second kappa shape index (κ2) is 10.7. The topological polar surface area (TPSA) is 44.8 Å². The molecule has 96 valence electrons. The number of hydrogen-bond donors (Lipinski definition) is 0. The summed E-state index contributed by atoms with van der Waals surface area (Å²) in [5, 5.41) is 0. The Kier molecular flexibility index (Phi) is 10.2. The van der Waals surface area contributed by atoms with E-state index in [4.69, 9.17) is 14.2 Å². The number of unbranched alkanes of at least 4 members (excludes halogenated alkanes) is 2. The second-order valence-corrected chi connectivity index (χ2v) is 3.80. The van der Waals surface area contributed by atoms with Crippen LogP contribution < -0.4 is 0 Å². The van der Waals surface area contributed by atoms with Crippen molar-refractivity contribution in [3.8, 4) is 0 Å². The third-order valence-electron chi connectivity index (χ3n) is 2.05. The molecule has 1 atom stereocenters. The Morgan fingerprint density at radius 3 is 2.31 bits per heavy atom. The maximum absolute atomic E-state index is 11.1. The van der Waals surface area contributed by atoms with Gasteiger partial charge in [-0.1, -0.05) is 26.7 Å². The normalized spacial score (nSPS) is 12.2. The van der Waals surface area contributed by atoms with E-state index in [0.717, 1.165) is 25.7 Å². The molecule has 0 aliphatic carbocycles. The molecule has 4 nitrogen and oxygen atoms in total. The monoisotopic (exact) mass is 232 g/mol. The van der Waals surface area contributed by atoms with Gasteiger partial charge >= 0.3 is 6.16 Å². The largest absolute Gasteiger partial charge is 0.508 e. The Labute approximate surface area is 98.3 Å². The van der Waals surface area contributed by atoms with Crippen LogP contribution in [0.2, 0.25) is 0 Å². The zero-order valence-electron chi connectivity index (χ0n) is 10.7. The molecule has 0 radical (unpaired) electrons. The third kappa shape index (κ3) is 9.77. The fourth-order valence-corrected chi connectivity index (χ4v) is 1.00. The number of ether oxygens (including phenoxy) is 3. The second-order valence-electron chi connectivity index (χ2n) is 3.80. The Balaban J connectivity index is 3.36. The summed E-state index contributed by atoms with van der Waals surface area (Å²) in [6, 6.07) is 0. The maximum Gasteiger partial charge on any atom is 0.508 e. The van der Waals surface area contributed by atoms with E-state index in [1.165, 1.54) is 0 Å². The van der Waals surface area contributed by atoms with Gasteiger partial charge in [-0.05, 0) is 19.8 Å². The Morgan fingerprint density at radius 2 is 1.69 bits per heavy atom. The zero-order valence-corrected chi connectivity index (χ0v) is 10.7. The smallest absolute Gasteiger partial charge is 0.434 e. The lowest BCUT2D eigenvalue weighted by Crippen LogP contribution is -2.20. The van der Waals surface area contributed by atoms with Gasteiger partial charge in [-0.3, -0.25) is 0 Å². The molecule has 0 aromatic heterocycles. The summed E-state index contributed by atoms with van der Waals surface area (Å²) >= 11 is 0. The highest BCUT2D eigenvalue weighted by Gasteiger charge is 2.07. The minimum Gasteiger partial charge on any atom is -0.434 e. The van der Waals surface area contributed by atoms with Crippen LogP contribution in [-0.2, 0) is 14.2 Å². The van der Waals surface area contributed by atoms with Crippen molar-refractivity contribution in [3.05, 3.63) is 0 Å². The Hall–Kier alpha value is -0.770. The van der Waals surface area contributed by atoms with Gasteiger partial charge in [0.25, 0.3) is 0 Å². The molecular weight excluding hydrogens is 208 g/mol. The van der Waals surface area contributed by atoms with Crippen LogP contribution in [0.3, 0.4) is 0 Å². The van der Waals surface area contributed by atoms with Crippen molar-refractivity contribution < 1.29 is 19.0 Å². The van der Waals surface area contributed by atoms with Gasteiger partial charge in [-0.15, -0.1) is 0 Å². The van der Waals surface area contributed by atoms with E-state index in [2.05, 4.69) is 6.92 Å². The van der Waals surface area contributed by atoms with Crippen molar-refractivity contribution in [1.29, 1.82) is 0 Å².